The van der Waals surface area contributed by atoms with E-state index in [0.717, 1.165) is 5.39 Å². The second-order valence-electron chi connectivity index (χ2n) is 7.24. The number of rotatable bonds is 7. The minimum atomic E-state index is -4.02. The van der Waals surface area contributed by atoms with E-state index in [1.807, 2.05) is 0 Å². The lowest BCUT2D eigenvalue weighted by molar-refractivity contribution is 0.415. The first-order valence-electron chi connectivity index (χ1n) is 9.94. The average molecular weight is 485 g/mol. The molecule has 9 heteroatoms. The summed E-state index contributed by atoms with van der Waals surface area (Å²) in [5.74, 6) is 1.21. The number of pyridine rings is 1. The molecule has 7 nitrogen and oxygen atoms in total. The number of halogens is 1. The van der Waals surface area contributed by atoms with Gasteiger partial charge in [0.2, 0.25) is 0 Å². The number of methoxy groups -OCH3 is 2. The highest BCUT2D eigenvalue weighted by Gasteiger charge is 2.26. The third-order valence-corrected chi connectivity index (χ3v) is 7.24. The Morgan fingerprint density at radius 1 is 0.879 bits per heavy atom. The molecule has 0 aliphatic heterocycles. The number of nitrogens with one attached hydrogen (secondary N) is 1. The standard InChI is InChI=1S/C24H21ClN2O5S/c1-31-20-7-5-19(6-8-20)27(33(29,30)22-10-3-18(25)4-11-22)15-17-13-16-14-21(32-2)9-12-23(16)26-24(17)28/h3-14H,15H2,1-2H3,(H,26,28). The van der Waals surface area contributed by atoms with E-state index in [4.69, 9.17) is 21.1 Å². The minimum Gasteiger partial charge on any atom is -0.497 e. The van der Waals surface area contributed by atoms with Crippen molar-refractivity contribution in [1.29, 1.82) is 0 Å². The number of anilines is 1. The maximum absolute atomic E-state index is 13.6. The van der Waals surface area contributed by atoms with Crippen LogP contribution in [-0.4, -0.2) is 27.6 Å². The van der Waals surface area contributed by atoms with Crippen LogP contribution in [0.1, 0.15) is 5.56 Å². The van der Waals surface area contributed by atoms with Crippen LogP contribution < -0.4 is 19.3 Å². The summed E-state index contributed by atoms with van der Waals surface area (Å²) in [6, 6.07) is 19.4. The first-order chi connectivity index (χ1) is 15.8. The largest absolute Gasteiger partial charge is 0.497 e. The van der Waals surface area contributed by atoms with E-state index in [1.54, 1.807) is 55.6 Å². The third kappa shape index (κ3) is 4.67. The zero-order valence-electron chi connectivity index (χ0n) is 17.9. The highest BCUT2D eigenvalue weighted by atomic mass is 35.5. The van der Waals surface area contributed by atoms with Gasteiger partial charge in [-0.25, -0.2) is 8.42 Å². The van der Waals surface area contributed by atoms with Crippen LogP contribution >= 0.6 is 11.6 Å². The fourth-order valence-corrected chi connectivity index (χ4v) is 5.00. The second kappa shape index (κ2) is 9.17. The van der Waals surface area contributed by atoms with Crippen molar-refractivity contribution < 1.29 is 17.9 Å². The van der Waals surface area contributed by atoms with E-state index in [2.05, 4.69) is 4.98 Å². The Morgan fingerprint density at radius 3 is 2.15 bits per heavy atom. The Hall–Kier alpha value is -3.49. The number of hydrogen-bond acceptors (Lipinski definition) is 5. The van der Waals surface area contributed by atoms with E-state index in [1.165, 1.54) is 35.7 Å². The second-order valence-corrected chi connectivity index (χ2v) is 9.54. The van der Waals surface area contributed by atoms with Crippen molar-refractivity contribution in [3.63, 3.8) is 0 Å². The molecule has 0 aliphatic rings. The van der Waals surface area contributed by atoms with Gasteiger partial charge in [0.15, 0.2) is 0 Å². The fraction of sp³-hybridized carbons (Fsp3) is 0.125. The number of benzene rings is 3. The first-order valence-corrected chi connectivity index (χ1v) is 11.8. The van der Waals surface area contributed by atoms with Crippen molar-refractivity contribution in [3.8, 4) is 11.5 Å². The molecule has 1 aromatic heterocycles. The predicted octanol–water partition coefficient (Wildman–Crippen LogP) is 4.59. The van der Waals surface area contributed by atoms with E-state index in [-0.39, 0.29) is 22.6 Å². The number of H-pyrrole nitrogens is 1. The maximum atomic E-state index is 13.6. The lowest BCUT2D eigenvalue weighted by Crippen LogP contribution is -2.33. The van der Waals surface area contributed by atoms with Crippen LogP contribution in [0.5, 0.6) is 11.5 Å². The average Bonchev–Trinajstić information content (AvgIpc) is 2.82. The van der Waals surface area contributed by atoms with E-state index in [0.29, 0.717) is 27.7 Å². The molecule has 0 saturated heterocycles. The molecule has 0 saturated carbocycles. The summed E-state index contributed by atoms with van der Waals surface area (Å²) >= 11 is 5.94. The Morgan fingerprint density at radius 2 is 1.52 bits per heavy atom. The van der Waals surface area contributed by atoms with Crippen LogP contribution in [0, 0.1) is 0 Å². The molecule has 0 aliphatic carbocycles. The summed E-state index contributed by atoms with van der Waals surface area (Å²) in [4.78, 5) is 15.7. The summed E-state index contributed by atoms with van der Waals surface area (Å²) in [7, 11) is -0.934. The number of sulfonamides is 1. The van der Waals surface area contributed by atoms with Crippen LogP contribution in [0.2, 0.25) is 5.02 Å². The Labute approximate surface area is 196 Å². The lowest BCUT2D eigenvalue weighted by Gasteiger charge is -2.25. The summed E-state index contributed by atoms with van der Waals surface area (Å²) in [6.45, 7) is -0.181. The van der Waals surface area contributed by atoms with Crippen molar-refractivity contribution in [2.24, 2.45) is 0 Å². The minimum absolute atomic E-state index is 0.0570. The van der Waals surface area contributed by atoms with Gasteiger partial charge in [-0.15, -0.1) is 0 Å². The van der Waals surface area contributed by atoms with E-state index in [9.17, 15) is 13.2 Å². The van der Waals surface area contributed by atoms with Crippen molar-refractivity contribution in [2.75, 3.05) is 18.5 Å². The van der Waals surface area contributed by atoms with Crippen LogP contribution in [0.25, 0.3) is 10.9 Å². The molecular formula is C24H21ClN2O5S. The number of aromatic nitrogens is 1. The van der Waals surface area contributed by atoms with Gasteiger partial charge in [-0.1, -0.05) is 11.6 Å². The summed E-state index contributed by atoms with van der Waals surface area (Å²) in [5, 5.41) is 1.15. The van der Waals surface area contributed by atoms with Gasteiger partial charge in [0.05, 0.1) is 31.3 Å². The normalized spacial score (nSPS) is 11.4. The quantitative estimate of drug-likeness (QED) is 0.414. The molecular weight excluding hydrogens is 464 g/mol. The van der Waals surface area contributed by atoms with Gasteiger partial charge in [-0.05, 0) is 72.8 Å². The molecule has 0 fully saturated rings. The van der Waals surface area contributed by atoms with Crippen molar-refractivity contribution in [1.82, 2.24) is 4.98 Å². The van der Waals surface area contributed by atoms with E-state index < -0.39 is 10.0 Å². The van der Waals surface area contributed by atoms with E-state index >= 15 is 0 Å². The highest BCUT2D eigenvalue weighted by Crippen LogP contribution is 2.28. The van der Waals surface area contributed by atoms with Gasteiger partial charge in [-0.3, -0.25) is 9.10 Å². The molecule has 0 amide bonds. The topological polar surface area (TPSA) is 88.7 Å². The molecule has 0 atom stereocenters. The first kappa shape index (κ1) is 22.7. The van der Waals surface area contributed by atoms with Gasteiger partial charge >= 0.3 is 0 Å². The highest BCUT2D eigenvalue weighted by molar-refractivity contribution is 7.92. The number of fused-ring (bicyclic) bond motifs is 1. The van der Waals surface area contributed by atoms with Crippen molar-refractivity contribution in [3.05, 3.63) is 93.7 Å². The van der Waals surface area contributed by atoms with Gasteiger partial charge in [-0.2, -0.15) is 0 Å². The molecule has 33 heavy (non-hydrogen) atoms. The zero-order chi connectivity index (χ0) is 23.6. The fourth-order valence-electron chi connectivity index (χ4n) is 3.43. The zero-order valence-corrected chi connectivity index (χ0v) is 19.5. The summed E-state index contributed by atoms with van der Waals surface area (Å²) in [6.07, 6.45) is 0. The van der Waals surface area contributed by atoms with Crippen molar-refractivity contribution >= 4 is 38.2 Å². The predicted molar refractivity (Wildman–Crippen MR) is 129 cm³/mol. The molecule has 170 valence electrons. The molecule has 0 radical (unpaired) electrons. The monoisotopic (exact) mass is 484 g/mol. The molecule has 4 aromatic rings. The molecule has 0 bridgehead atoms. The van der Waals surface area contributed by atoms with Gasteiger partial charge in [0, 0.05) is 21.5 Å². The van der Waals surface area contributed by atoms with Gasteiger partial charge in [0.1, 0.15) is 11.5 Å². The maximum Gasteiger partial charge on any atom is 0.264 e. The Bertz CT molecular complexity index is 1450. The number of nitrogens with zero attached hydrogens (tertiary/aromatic N) is 1. The third-order valence-electron chi connectivity index (χ3n) is 5.20. The van der Waals surface area contributed by atoms with Crippen LogP contribution in [-0.2, 0) is 16.6 Å². The van der Waals surface area contributed by atoms with Gasteiger partial charge < -0.3 is 14.5 Å². The number of aromatic amines is 1. The summed E-state index contributed by atoms with van der Waals surface area (Å²) < 4.78 is 38.8. The molecule has 3 aromatic carbocycles. The van der Waals surface area contributed by atoms with Crippen LogP contribution in [0.3, 0.4) is 0 Å². The van der Waals surface area contributed by atoms with Gasteiger partial charge in [0.25, 0.3) is 15.6 Å². The molecule has 4 rings (SSSR count). The van der Waals surface area contributed by atoms with Crippen LogP contribution in [0.15, 0.2) is 82.5 Å². The Balaban J connectivity index is 1.83. The molecule has 1 heterocycles. The smallest absolute Gasteiger partial charge is 0.264 e. The lowest BCUT2D eigenvalue weighted by atomic mass is 10.1. The Kier molecular flexibility index (Phi) is 6.31. The number of hydrogen-bond donors (Lipinski definition) is 1. The van der Waals surface area contributed by atoms with Crippen LogP contribution in [0.4, 0.5) is 5.69 Å². The SMILES string of the molecule is COc1ccc(N(Cc2cc3cc(OC)ccc3[nH]c2=O)S(=O)(=O)c2ccc(Cl)cc2)cc1. The number of ether oxygens (including phenoxy) is 2. The van der Waals surface area contributed by atoms with Crippen molar-refractivity contribution in [2.45, 2.75) is 11.4 Å². The molecule has 0 spiro atoms. The molecule has 0 unspecified atom stereocenters. The summed E-state index contributed by atoms with van der Waals surface area (Å²) in [5.41, 5.74) is 0.915. The molecule has 1 N–H and O–H groups in total.